The summed E-state index contributed by atoms with van der Waals surface area (Å²) in [6, 6.07) is 25.2. The molecule has 2 N–H and O–H groups in total. The Hall–Kier alpha value is -3.53. The molecule has 1 aromatic heterocycles. The molecule has 0 aliphatic heterocycles. The minimum absolute atomic E-state index is 0.0166. The van der Waals surface area contributed by atoms with E-state index in [4.69, 9.17) is 10.7 Å². The van der Waals surface area contributed by atoms with Crippen molar-refractivity contribution in [1.29, 1.82) is 0 Å². The Balaban J connectivity index is 1.68. The summed E-state index contributed by atoms with van der Waals surface area (Å²) < 4.78 is 0. The van der Waals surface area contributed by atoms with Crippen LogP contribution in [-0.4, -0.2) is 15.0 Å². The van der Waals surface area contributed by atoms with Gasteiger partial charge >= 0.3 is 0 Å². The first-order valence-electron chi connectivity index (χ1n) is 10.5. The molecule has 1 aliphatic carbocycles. The second-order valence-electron chi connectivity index (χ2n) is 7.80. The van der Waals surface area contributed by atoms with Crippen molar-refractivity contribution in [2.45, 2.75) is 32.1 Å². The van der Waals surface area contributed by atoms with Gasteiger partial charge in [0.25, 0.3) is 0 Å². The first-order chi connectivity index (χ1) is 14.7. The summed E-state index contributed by atoms with van der Waals surface area (Å²) in [6.45, 7) is 4.55. The molecule has 0 radical (unpaired) electrons. The average molecular weight is 393 g/mol. The topological polar surface area (TPSA) is 64.7 Å². The van der Waals surface area contributed by atoms with Gasteiger partial charge in [-0.1, -0.05) is 80.6 Å². The first-order valence-corrected chi connectivity index (χ1v) is 10.5. The molecule has 3 aromatic carbocycles. The first kappa shape index (κ1) is 18.5. The lowest BCUT2D eigenvalue weighted by Gasteiger charge is -2.29. The lowest BCUT2D eigenvalue weighted by Crippen LogP contribution is -2.23. The second kappa shape index (κ2) is 7.06. The molecule has 4 nitrogen and oxygen atoms in total. The van der Waals surface area contributed by atoms with E-state index in [0.717, 1.165) is 24.0 Å². The Kier molecular flexibility index (Phi) is 4.35. The predicted octanol–water partition coefficient (Wildman–Crippen LogP) is 5.87. The van der Waals surface area contributed by atoms with Crippen molar-refractivity contribution in [3.63, 3.8) is 0 Å². The van der Waals surface area contributed by atoms with Crippen molar-refractivity contribution < 1.29 is 0 Å². The zero-order valence-corrected chi connectivity index (χ0v) is 17.3. The number of rotatable bonds is 4. The van der Waals surface area contributed by atoms with Gasteiger partial charge < -0.3 is 5.73 Å². The van der Waals surface area contributed by atoms with Crippen molar-refractivity contribution in [2.24, 2.45) is 0 Å². The number of nitrogens with two attached hydrogens (primary N) is 1. The molecule has 0 bridgehead atoms. The molecular weight excluding hydrogens is 368 g/mol. The van der Waals surface area contributed by atoms with E-state index in [9.17, 15) is 0 Å². The summed E-state index contributed by atoms with van der Waals surface area (Å²) in [7, 11) is 0. The van der Waals surface area contributed by atoms with E-state index in [0.29, 0.717) is 11.6 Å². The molecule has 0 unspecified atom stereocenters. The minimum Gasteiger partial charge on any atom is -0.368 e. The van der Waals surface area contributed by atoms with Gasteiger partial charge in [0.05, 0.1) is 0 Å². The van der Waals surface area contributed by atoms with Gasteiger partial charge in [-0.15, -0.1) is 0 Å². The highest BCUT2D eigenvalue weighted by atomic mass is 15.1. The molecule has 0 fully saturated rings. The van der Waals surface area contributed by atoms with Crippen molar-refractivity contribution >= 4 is 5.95 Å². The van der Waals surface area contributed by atoms with Gasteiger partial charge in [-0.2, -0.15) is 9.97 Å². The van der Waals surface area contributed by atoms with Crippen LogP contribution in [0.5, 0.6) is 0 Å². The van der Waals surface area contributed by atoms with E-state index in [1.165, 1.54) is 22.3 Å². The number of benzene rings is 3. The van der Waals surface area contributed by atoms with Crippen molar-refractivity contribution in [3.05, 3.63) is 83.9 Å². The Morgan fingerprint density at radius 1 is 0.667 bits per heavy atom. The number of hydrogen-bond acceptors (Lipinski definition) is 4. The van der Waals surface area contributed by atoms with E-state index >= 15 is 0 Å². The smallest absolute Gasteiger partial charge is 0.224 e. The fraction of sp³-hybridized carbons (Fsp3) is 0.192. The van der Waals surface area contributed by atoms with Crippen LogP contribution in [0.15, 0.2) is 72.8 Å². The third-order valence-electron chi connectivity index (χ3n) is 6.42. The van der Waals surface area contributed by atoms with Gasteiger partial charge in [0.15, 0.2) is 11.6 Å². The van der Waals surface area contributed by atoms with E-state index in [2.05, 4.69) is 66.3 Å². The van der Waals surface area contributed by atoms with Crippen LogP contribution in [0.4, 0.5) is 5.95 Å². The lowest BCUT2D eigenvalue weighted by atomic mass is 9.73. The summed E-state index contributed by atoms with van der Waals surface area (Å²) >= 11 is 0. The van der Waals surface area contributed by atoms with Crippen LogP contribution in [0.25, 0.3) is 33.9 Å². The molecule has 0 saturated heterocycles. The lowest BCUT2D eigenvalue weighted by molar-refractivity contribution is 0.490. The van der Waals surface area contributed by atoms with E-state index < -0.39 is 0 Å². The summed E-state index contributed by atoms with van der Waals surface area (Å²) in [6.07, 6.45) is 2.09. The van der Waals surface area contributed by atoms with Crippen LogP contribution >= 0.6 is 0 Å². The molecule has 1 heterocycles. The SMILES string of the molecule is CCC1(CC)c2ccccc2-c2ccc(-c3nc(N)nc(-c4ccccc4)n3)cc21. The Bertz CT molecular complexity index is 1230. The fourth-order valence-electron chi connectivity index (χ4n) is 4.84. The number of hydrogen-bond donors (Lipinski definition) is 1. The quantitative estimate of drug-likeness (QED) is 0.471. The molecule has 30 heavy (non-hydrogen) atoms. The monoisotopic (exact) mass is 392 g/mol. The molecule has 0 amide bonds. The molecule has 0 spiro atoms. The fourth-order valence-corrected chi connectivity index (χ4v) is 4.84. The van der Waals surface area contributed by atoms with Crippen molar-refractivity contribution in [2.75, 3.05) is 5.73 Å². The molecule has 148 valence electrons. The summed E-state index contributed by atoms with van der Waals surface area (Å²) in [4.78, 5) is 13.6. The Morgan fingerprint density at radius 2 is 1.30 bits per heavy atom. The van der Waals surface area contributed by atoms with Crippen LogP contribution in [0, 0.1) is 0 Å². The molecule has 1 aliphatic rings. The van der Waals surface area contributed by atoms with Crippen LogP contribution < -0.4 is 5.73 Å². The van der Waals surface area contributed by atoms with Crippen LogP contribution in [-0.2, 0) is 5.41 Å². The Morgan fingerprint density at radius 3 is 2.03 bits per heavy atom. The highest BCUT2D eigenvalue weighted by Crippen LogP contribution is 2.53. The van der Waals surface area contributed by atoms with Gasteiger partial charge in [0.1, 0.15) is 0 Å². The van der Waals surface area contributed by atoms with Crippen molar-refractivity contribution in [1.82, 2.24) is 15.0 Å². The number of nitrogen functional groups attached to an aromatic ring is 1. The Labute approximate surface area is 176 Å². The number of aromatic nitrogens is 3. The zero-order valence-electron chi connectivity index (χ0n) is 17.3. The highest BCUT2D eigenvalue weighted by Gasteiger charge is 2.40. The normalized spacial score (nSPS) is 13.7. The summed E-state index contributed by atoms with van der Waals surface area (Å²) in [5, 5.41) is 0. The minimum atomic E-state index is 0.0166. The van der Waals surface area contributed by atoms with Gasteiger partial charge in [-0.05, 0) is 41.2 Å². The maximum absolute atomic E-state index is 6.06. The van der Waals surface area contributed by atoms with Crippen molar-refractivity contribution in [3.8, 4) is 33.9 Å². The number of anilines is 1. The largest absolute Gasteiger partial charge is 0.368 e. The summed E-state index contributed by atoms with van der Waals surface area (Å²) in [5.41, 5.74) is 13.4. The number of fused-ring (bicyclic) bond motifs is 3. The predicted molar refractivity (Wildman–Crippen MR) is 122 cm³/mol. The molecule has 5 rings (SSSR count). The molecule has 4 aromatic rings. The van der Waals surface area contributed by atoms with Gasteiger partial charge in [-0.25, -0.2) is 4.98 Å². The average Bonchev–Trinajstić information content (AvgIpc) is 3.09. The number of nitrogens with zero attached hydrogens (tertiary/aromatic N) is 3. The molecule has 4 heteroatoms. The molecular formula is C26H24N4. The maximum atomic E-state index is 6.06. The van der Waals surface area contributed by atoms with E-state index in [-0.39, 0.29) is 11.4 Å². The van der Waals surface area contributed by atoms with Gasteiger partial charge in [-0.3, -0.25) is 0 Å². The molecule has 0 saturated carbocycles. The van der Waals surface area contributed by atoms with E-state index in [1.54, 1.807) is 0 Å². The maximum Gasteiger partial charge on any atom is 0.224 e. The van der Waals surface area contributed by atoms with Crippen LogP contribution in [0.3, 0.4) is 0 Å². The van der Waals surface area contributed by atoms with Gasteiger partial charge in [0, 0.05) is 16.5 Å². The van der Waals surface area contributed by atoms with E-state index in [1.807, 2.05) is 30.3 Å². The highest BCUT2D eigenvalue weighted by molar-refractivity contribution is 5.83. The molecule has 0 atom stereocenters. The third-order valence-corrected chi connectivity index (χ3v) is 6.42. The standard InChI is InChI=1S/C26H24N4/c1-3-26(4-2)21-13-9-8-12-19(21)20-15-14-18(16-22(20)26)24-28-23(29-25(27)30-24)17-10-6-5-7-11-17/h5-16H,3-4H2,1-2H3,(H2,27,28,29,30). The van der Waals surface area contributed by atoms with Crippen LogP contribution in [0.2, 0.25) is 0 Å². The summed E-state index contributed by atoms with van der Waals surface area (Å²) in [5.74, 6) is 1.44. The van der Waals surface area contributed by atoms with Gasteiger partial charge in [0.2, 0.25) is 5.95 Å². The zero-order chi connectivity index (χ0) is 20.7. The second-order valence-corrected chi connectivity index (χ2v) is 7.80. The van der Waals surface area contributed by atoms with Crippen LogP contribution in [0.1, 0.15) is 37.8 Å². The third kappa shape index (κ3) is 2.71.